The van der Waals surface area contributed by atoms with E-state index in [1.54, 1.807) is 42.5 Å². The number of esters is 1. The third kappa shape index (κ3) is 6.27. The standard InChI is InChI=1S/C25H23N3O5/c1-16-8-11-19(12-9-16)25(31)33-21-13-10-18(14-22(21)32-3)15-26-28-24(30)23(29)27-20-7-5-4-6-17(20)2/h4-15H,1-3H3,(H,27,29)(H,28,30)/b26-15+. The van der Waals surface area contributed by atoms with E-state index < -0.39 is 17.8 Å². The normalized spacial score (nSPS) is 10.5. The first-order valence-corrected chi connectivity index (χ1v) is 10.0. The zero-order chi connectivity index (χ0) is 23.8. The minimum Gasteiger partial charge on any atom is -0.493 e. The molecule has 0 aliphatic heterocycles. The molecule has 8 nitrogen and oxygen atoms in total. The summed E-state index contributed by atoms with van der Waals surface area (Å²) in [6.45, 7) is 3.75. The van der Waals surface area contributed by atoms with Crippen molar-refractivity contribution in [3.8, 4) is 11.5 Å². The average molecular weight is 445 g/mol. The molecule has 3 aromatic carbocycles. The Bertz CT molecular complexity index is 1200. The van der Waals surface area contributed by atoms with Crippen molar-refractivity contribution in [3.63, 3.8) is 0 Å². The van der Waals surface area contributed by atoms with Crippen LogP contribution in [0.4, 0.5) is 5.69 Å². The van der Waals surface area contributed by atoms with Crippen LogP contribution in [-0.2, 0) is 9.59 Å². The largest absolute Gasteiger partial charge is 0.493 e. The van der Waals surface area contributed by atoms with Gasteiger partial charge in [0.15, 0.2) is 11.5 Å². The highest BCUT2D eigenvalue weighted by Gasteiger charge is 2.14. The summed E-state index contributed by atoms with van der Waals surface area (Å²) in [5.74, 6) is -1.71. The molecule has 168 valence electrons. The summed E-state index contributed by atoms with van der Waals surface area (Å²) in [7, 11) is 1.44. The van der Waals surface area contributed by atoms with E-state index in [1.807, 2.05) is 38.1 Å². The zero-order valence-electron chi connectivity index (χ0n) is 18.4. The van der Waals surface area contributed by atoms with Crippen molar-refractivity contribution in [2.24, 2.45) is 5.10 Å². The Kier molecular flexibility index (Phi) is 7.54. The smallest absolute Gasteiger partial charge is 0.343 e. The van der Waals surface area contributed by atoms with Gasteiger partial charge in [0.2, 0.25) is 0 Å². The summed E-state index contributed by atoms with van der Waals surface area (Å²) < 4.78 is 10.7. The quantitative estimate of drug-likeness (QED) is 0.198. The van der Waals surface area contributed by atoms with Gasteiger partial charge in [0.05, 0.1) is 18.9 Å². The predicted molar refractivity (Wildman–Crippen MR) is 125 cm³/mol. The Morgan fingerprint density at radius 2 is 1.61 bits per heavy atom. The van der Waals surface area contributed by atoms with E-state index >= 15 is 0 Å². The van der Waals surface area contributed by atoms with E-state index in [0.29, 0.717) is 22.6 Å². The minimum absolute atomic E-state index is 0.238. The fourth-order valence-corrected chi connectivity index (χ4v) is 2.81. The number of benzene rings is 3. The van der Waals surface area contributed by atoms with Crippen LogP contribution < -0.4 is 20.2 Å². The number of hydrogen-bond donors (Lipinski definition) is 2. The van der Waals surface area contributed by atoms with E-state index in [1.165, 1.54) is 13.3 Å². The molecule has 0 fully saturated rings. The minimum atomic E-state index is -0.912. The number of aryl methyl sites for hydroxylation is 2. The summed E-state index contributed by atoms with van der Waals surface area (Å²) in [5, 5.41) is 6.33. The van der Waals surface area contributed by atoms with Crippen molar-refractivity contribution < 1.29 is 23.9 Å². The van der Waals surface area contributed by atoms with E-state index in [4.69, 9.17) is 9.47 Å². The number of carbonyl (C=O) groups excluding carboxylic acids is 3. The molecular weight excluding hydrogens is 422 g/mol. The summed E-state index contributed by atoms with van der Waals surface area (Å²) >= 11 is 0. The molecule has 2 amide bonds. The molecule has 0 aliphatic carbocycles. The van der Waals surface area contributed by atoms with Crippen LogP contribution in [0.3, 0.4) is 0 Å². The van der Waals surface area contributed by atoms with Crippen LogP contribution in [0.25, 0.3) is 0 Å². The van der Waals surface area contributed by atoms with Crippen LogP contribution in [-0.4, -0.2) is 31.1 Å². The fraction of sp³-hybridized carbons (Fsp3) is 0.120. The van der Waals surface area contributed by atoms with E-state index in [2.05, 4.69) is 15.8 Å². The lowest BCUT2D eigenvalue weighted by Gasteiger charge is -2.10. The number of hydrogen-bond acceptors (Lipinski definition) is 6. The highest BCUT2D eigenvalue weighted by molar-refractivity contribution is 6.39. The van der Waals surface area contributed by atoms with Gasteiger partial charge in [-0.1, -0.05) is 35.9 Å². The monoisotopic (exact) mass is 445 g/mol. The molecule has 0 heterocycles. The first-order chi connectivity index (χ1) is 15.9. The van der Waals surface area contributed by atoms with Gasteiger partial charge in [-0.3, -0.25) is 9.59 Å². The van der Waals surface area contributed by atoms with Crippen molar-refractivity contribution >= 4 is 29.7 Å². The lowest BCUT2D eigenvalue weighted by molar-refractivity contribution is -0.136. The van der Waals surface area contributed by atoms with E-state index in [-0.39, 0.29) is 5.75 Å². The molecule has 0 saturated heterocycles. The van der Waals surface area contributed by atoms with Gasteiger partial charge in [-0.15, -0.1) is 0 Å². The summed E-state index contributed by atoms with van der Waals surface area (Å²) in [4.78, 5) is 36.4. The van der Waals surface area contributed by atoms with Crippen LogP contribution in [0.15, 0.2) is 71.8 Å². The average Bonchev–Trinajstić information content (AvgIpc) is 2.81. The predicted octanol–water partition coefficient (Wildman–Crippen LogP) is 3.62. The Morgan fingerprint density at radius 1 is 0.879 bits per heavy atom. The SMILES string of the molecule is COc1cc(/C=N/NC(=O)C(=O)Nc2ccccc2C)ccc1OC(=O)c1ccc(C)cc1. The Hall–Kier alpha value is -4.46. The number of hydrazone groups is 1. The van der Waals surface area contributed by atoms with Crippen LogP contribution in [0.1, 0.15) is 27.0 Å². The third-order valence-electron chi connectivity index (χ3n) is 4.66. The van der Waals surface area contributed by atoms with Crippen molar-refractivity contribution in [3.05, 3.63) is 89.0 Å². The second-order valence-corrected chi connectivity index (χ2v) is 7.13. The molecule has 0 atom stereocenters. The van der Waals surface area contributed by atoms with Gasteiger partial charge in [0, 0.05) is 5.69 Å². The number of nitrogens with one attached hydrogen (secondary N) is 2. The molecule has 0 aliphatic rings. The van der Waals surface area contributed by atoms with Gasteiger partial charge in [-0.2, -0.15) is 5.10 Å². The van der Waals surface area contributed by atoms with E-state index in [0.717, 1.165) is 11.1 Å². The van der Waals surface area contributed by atoms with Crippen LogP contribution in [0.5, 0.6) is 11.5 Å². The number of rotatable bonds is 6. The number of amides is 2. The maximum absolute atomic E-state index is 12.4. The van der Waals surface area contributed by atoms with E-state index in [9.17, 15) is 14.4 Å². The third-order valence-corrected chi connectivity index (χ3v) is 4.66. The molecule has 3 aromatic rings. The molecule has 0 bridgehead atoms. The van der Waals surface area contributed by atoms with Gasteiger partial charge in [-0.05, 0) is 61.4 Å². The van der Waals surface area contributed by atoms with Crippen LogP contribution in [0.2, 0.25) is 0 Å². The van der Waals surface area contributed by atoms with Crippen LogP contribution in [0, 0.1) is 13.8 Å². The number of nitrogens with zero attached hydrogens (tertiary/aromatic N) is 1. The van der Waals surface area contributed by atoms with Crippen molar-refractivity contribution in [2.45, 2.75) is 13.8 Å². The molecular formula is C25H23N3O5. The first kappa shape index (κ1) is 23.2. The maximum atomic E-state index is 12.4. The van der Waals surface area contributed by atoms with Gasteiger partial charge in [0.1, 0.15) is 0 Å². The molecule has 0 aromatic heterocycles. The number of carbonyl (C=O) groups is 3. The Balaban J connectivity index is 1.61. The number of anilines is 1. The van der Waals surface area contributed by atoms with Gasteiger partial charge < -0.3 is 14.8 Å². The Labute approximate surface area is 191 Å². The number of methoxy groups -OCH3 is 1. The van der Waals surface area contributed by atoms with Crippen molar-refractivity contribution in [1.29, 1.82) is 0 Å². The molecule has 3 rings (SSSR count). The highest BCUT2D eigenvalue weighted by atomic mass is 16.6. The topological polar surface area (TPSA) is 106 Å². The fourth-order valence-electron chi connectivity index (χ4n) is 2.81. The molecule has 0 unspecified atom stereocenters. The molecule has 8 heteroatoms. The van der Waals surface area contributed by atoms with Crippen molar-refractivity contribution in [1.82, 2.24) is 5.43 Å². The number of ether oxygens (including phenoxy) is 2. The molecule has 0 radical (unpaired) electrons. The molecule has 2 N–H and O–H groups in total. The molecule has 0 spiro atoms. The Morgan fingerprint density at radius 3 is 2.30 bits per heavy atom. The summed E-state index contributed by atoms with van der Waals surface area (Å²) in [6.07, 6.45) is 1.34. The lowest BCUT2D eigenvalue weighted by atomic mass is 10.1. The zero-order valence-corrected chi connectivity index (χ0v) is 18.4. The van der Waals surface area contributed by atoms with Crippen molar-refractivity contribution in [2.75, 3.05) is 12.4 Å². The van der Waals surface area contributed by atoms with Gasteiger partial charge >= 0.3 is 17.8 Å². The highest BCUT2D eigenvalue weighted by Crippen LogP contribution is 2.28. The second kappa shape index (κ2) is 10.7. The van der Waals surface area contributed by atoms with Crippen LogP contribution >= 0.6 is 0 Å². The second-order valence-electron chi connectivity index (χ2n) is 7.13. The summed E-state index contributed by atoms with van der Waals surface area (Å²) in [6, 6.07) is 18.9. The molecule has 0 saturated carbocycles. The van der Waals surface area contributed by atoms with Gasteiger partial charge in [0.25, 0.3) is 0 Å². The first-order valence-electron chi connectivity index (χ1n) is 10.0. The maximum Gasteiger partial charge on any atom is 0.343 e. The van der Waals surface area contributed by atoms with Gasteiger partial charge in [-0.25, -0.2) is 10.2 Å². The summed E-state index contributed by atoms with van der Waals surface area (Å²) in [5.41, 5.74) is 5.56. The number of para-hydroxylation sites is 1. The molecule has 33 heavy (non-hydrogen) atoms. The lowest BCUT2D eigenvalue weighted by Crippen LogP contribution is -2.32.